The molecule has 76 valence electrons. The summed E-state index contributed by atoms with van der Waals surface area (Å²) in [5.74, 6) is 0.168. The molecule has 0 aliphatic carbocycles. The average molecular weight is 202 g/mol. The lowest BCUT2D eigenvalue weighted by molar-refractivity contribution is 0.0949. The van der Waals surface area contributed by atoms with Crippen molar-refractivity contribution < 1.29 is 9.90 Å². The molecule has 0 saturated carbocycles. The van der Waals surface area contributed by atoms with Crippen LogP contribution in [0.3, 0.4) is 0 Å². The van der Waals surface area contributed by atoms with E-state index >= 15 is 0 Å². The summed E-state index contributed by atoms with van der Waals surface area (Å²) in [5.41, 5.74) is 0.574. The van der Waals surface area contributed by atoms with E-state index in [-0.39, 0.29) is 12.5 Å². The molecule has 4 heteroatoms. The number of carbonyl (C=O) groups excluding carboxylic acids is 1. The first-order valence-electron chi connectivity index (χ1n) is 4.56. The van der Waals surface area contributed by atoms with E-state index in [0.29, 0.717) is 11.4 Å². The number of nitrogens with zero attached hydrogens (tertiary/aromatic N) is 2. The zero-order valence-corrected chi connectivity index (χ0v) is 8.00. The summed E-state index contributed by atoms with van der Waals surface area (Å²) < 4.78 is 1.34. The molecule has 0 radical (unpaired) electrons. The summed E-state index contributed by atoms with van der Waals surface area (Å²) in [6.45, 7) is -0.244. The molecule has 2 rings (SSSR count). The fourth-order valence-corrected chi connectivity index (χ4v) is 1.36. The highest BCUT2D eigenvalue weighted by Crippen LogP contribution is 2.05. The minimum absolute atomic E-state index is 0.183. The second kappa shape index (κ2) is 4.06. The predicted octanol–water partition coefficient (Wildman–Crippen LogP) is 1.06. The van der Waals surface area contributed by atoms with E-state index in [4.69, 9.17) is 5.11 Å². The first kappa shape index (κ1) is 9.61. The van der Waals surface area contributed by atoms with Gasteiger partial charge in [0.25, 0.3) is 5.91 Å². The maximum atomic E-state index is 11.9. The van der Waals surface area contributed by atoms with Gasteiger partial charge in [-0.3, -0.25) is 9.36 Å². The highest BCUT2D eigenvalue weighted by molar-refractivity contribution is 5.96. The summed E-state index contributed by atoms with van der Waals surface area (Å²) in [4.78, 5) is 15.8. The van der Waals surface area contributed by atoms with Crippen LogP contribution in [0.25, 0.3) is 0 Å². The molecule has 0 saturated heterocycles. The quantitative estimate of drug-likeness (QED) is 0.792. The zero-order valence-electron chi connectivity index (χ0n) is 8.00. The van der Waals surface area contributed by atoms with Crippen molar-refractivity contribution in [2.75, 3.05) is 0 Å². The second-order valence-electron chi connectivity index (χ2n) is 3.04. The predicted molar refractivity (Wildman–Crippen MR) is 54.3 cm³/mol. The molecule has 0 bridgehead atoms. The number of carbonyl (C=O) groups is 1. The molecule has 15 heavy (non-hydrogen) atoms. The van der Waals surface area contributed by atoms with Crippen molar-refractivity contribution in [1.29, 1.82) is 0 Å². The van der Waals surface area contributed by atoms with Crippen LogP contribution in [0, 0.1) is 0 Å². The van der Waals surface area contributed by atoms with E-state index in [1.54, 1.807) is 30.5 Å². The van der Waals surface area contributed by atoms with E-state index in [1.807, 2.05) is 6.07 Å². The summed E-state index contributed by atoms with van der Waals surface area (Å²) in [5, 5.41) is 8.97. The maximum absolute atomic E-state index is 11.9. The van der Waals surface area contributed by atoms with Crippen molar-refractivity contribution >= 4 is 5.91 Å². The van der Waals surface area contributed by atoms with Gasteiger partial charge in [0.15, 0.2) is 0 Å². The molecular formula is C11H10N2O2. The van der Waals surface area contributed by atoms with Crippen molar-refractivity contribution in [3.8, 4) is 0 Å². The smallest absolute Gasteiger partial charge is 0.263 e. The molecule has 2 aromatic rings. The molecule has 1 N–H and O–H groups in total. The molecule has 1 heterocycles. The van der Waals surface area contributed by atoms with Crippen molar-refractivity contribution in [3.05, 3.63) is 54.1 Å². The van der Waals surface area contributed by atoms with Crippen LogP contribution in [0.2, 0.25) is 0 Å². The van der Waals surface area contributed by atoms with E-state index in [1.165, 1.54) is 10.8 Å². The van der Waals surface area contributed by atoms with Gasteiger partial charge in [-0.15, -0.1) is 0 Å². The number of imidazole rings is 1. The van der Waals surface area contributed by atoms with Crippen LogP contribution in [-0.4, -0.2) is 20.6 Å². The molecule has 1 aromatic heterocycles. The van der Waals surface area contributed by atoms with Crippen LogP contribution in [0.4, 0.5) is 0 Å². The fraction of sp³-hybridized carbons (Fsp3) is 0.0909. The van der Waals surface area contributed by atoms with Crippen LogP contribution >= 0.6 is 0 Å². The SMILES string of the molecule is O=C(c1ccccc1)n1ccnc1CO. The fourth-order valence-electron chi connectivity index (χ4n) is 1.36. The van der Waals surface area contributed by atoms with Gasteiger partial charge >= 0.3 is 0 Å². The van der Waals surface area contributed by atoms with Gasteiger partial charge in [0.2, 0.25) is 0 Å². The topological polar surface area (TPSA) is 55.1 Å². The Hall–Kier alpha value is -1.94. The summed E-state index contributed by atoms with van der Waals surface area (Å²) in [6, 6.07) is 8.89. The third-order valence-electron chi connectivity index (χ3n) is 2.10. The Labute approximate surface area is 86.8 Å². The molecule has 0 aliphatic heterocycles. The third-order valence-corrected chi connectivity index (χ3v) is 2.10. The second-order valence-corrected chi connectivity index (χ2v) is 3.04. The standard InChI is InChI=1S/C11H10N2O2/c14-8-10-12-6-7-13(10)11(15)9-4-2-1-3-5-9/h1-7,14H,8H2. The van der Waals surface area contributed by atoms with Crippen molar-refractivity contribution in [1.82, 2.24) is 9.55 Å². The minimum Gasteiger partial charge on any atom is -0.388 e. The Balaban J connectivity index is 2.37. The number of hydrogen-bond acceptors (Lipinski definition) is 3. The number of benzene rings is 1. The maximum Gasteiger partial charge on any atom is 0.263 e. The highest BCUT2D eigenvalue weighted by Gasteiger charge is 2.11. The van der Waals surface area contributed by atoms with E-state index < -0.39 is 0 Å². The number of hydrogen-bond donors (Lipinski definition) is 1. The normalized spacial score (nSPS) is 10.2. The monoisotopic (exact) mass is 202 g/mol. The molecule has 0 amide bonds. The van der Waals surface area contributed by atoms with E-state index in [2.05, 4.69) is 4.98 Å². The Kier molecular flexibility index (Phi) is 2.60. The molecule has 0 fully saturated rings. The van der Waals surface area contributed by atoms with Crippen LogP contribution in [0.15, 0.2) is 42.7 Å². The Morgan fingerprint density at radius 3 is 2.73 bits per heavy atom. The van der Waals surface area contributed by atoms with Gasteiger partial charge in [0.05, 0.1) is 0 Å². The Morgan fingerprint density at radius 2 is 2.07 bits per heavy atom. The summed E-state index contributed by atoms with van der Waals surface area (Å²) >= 11 is 0. The van der Waals surface area contributed by atoms with E-state index in [9.17, 15) is 4.79 Å². The average Bonchev–Trinajstić information content (AvgIpc) is 2.77. The summed E-state index contributed by atoms with van der Waals surface area (Å²) in [6.07, 6.45) is 3.03. The van der Waals surface area contributed by atoms with Crippen LogP contribution < -0.4 is 0 Å². The highest BCUT2D eigenvalue weighted by atomic mass is 16.3. The molecule has 1 aromatic carbocycles. The van der Waals surface area contributed by atoms with Gasteiger partial charge < -0.3 is 5.11 Å². The van der Waals surface area contributed by atoms with Gasteiger partial charge in [-0.25, -0.2) is 4.98 Å². The number of aromatic nitrogens is 2. The molecule has 0 atom stereocenters. The molecule has 4 nitrogen and oxygen atoms in total. The van der Waals surface area contributed by atoms with Gasteiger partial charge in [-0.2, -0.15) is 0 Å². The molecule has 0 spiro atoms. The third kappa shape index (κ3) is 1.80. The number of rotatable bonds is 2. The van der Waals surface area contributed by atoms with Gasteiger partial charge in [0, 0.05) is 18.0 Å². The Morgan fingerprint density at radius 1 is 1.33 bits per heavy atom. The first-order chi connectivity index (χ1) is 7.33. The van der Waals surface area contributed by atoms with Gasteiger partial charge in [-0.1, -0.05) is 18.2 Å². The van der Waals surface area contributed by atoms with Gasteiger partial charge in [-0.05, 0) is 12.1 Å². The van der Waals surface area contributed by atoms with Crippen LogP contribution in [0.5, 0.6) is 0 Å². The lowest BCUT2D eigenvalue weighted by Crippen LogP contribution is -2.14. The lowest BCUT2D eigenvalue weighted by atomic mass is 10.2. The Bertz CT molecular complexity index is 462. The lowest BCUT2D eigenvalue weighted by Gasteiger charge is -2.03. The van der Waals surface area contributed by atoms with Crippen molar-refractivity contribution in [3.63, 3.8) is 0 Å². The van der Waals surface area contributed by atoms with Crippen LogP contribution in [-0.2, 0) is 6.61 Å². The molecule has 0 unspecified atom stereocenters. The molecule has 0 aliphatic rings. The number of aliphatic hydroxyl groups excluding tert-OH is 1. The largest absolute Gasteiger partial charge is 0.388 e. The van der Waals surface area contributed by atoms with Gasteiger partial charge in [0.1, 0.15) is 12.4 Å². The molecular weight excluding hydrogens is 192 g/mol. The van der Waals surface area contributed by atoms with Crippen molar-refractivity contribution in [2.45, 2.75) is 6.61 Å². The zero-order chi connectivity index (χ0) is 10.7. The number of aliphatic hydroxyl groups is 1. The van der Waals surface area contributed by atoms with E-state index in [0.717, 1.165) is 0 Å². The minimum atomic E-state index is -0.244. The van der Waals surface area contributed by atoms with Crippen LogP contribution in [0.1, 0.15) is 16.2 Å². The van der Waals surface area contributed by atoms with Crippen molar-refractivity contribution in [2.24, 2.45) is 0 Å². The first-order valence-corrected chi connectivity index (χ1v) is 4.56. The summed E-state index contributed by atoms with van der Waals surface area (Å²) in [7, 11) is 0.